The van der Waals surface area contributed by atoms with Gasteiger partial charge in [0.25, 0.3) is 0 Å². The predicted molar refractivity (Wildman–Crippen MR) is 88.7 cm³/mol. The van der Waals surface area contributed by atoms with Gasteiger partial charge in [-0.25, -0.2) is 0 Å². The smallest absolute Gasteiger partial charge is 0.0163 e. The molecular formula is C18H39N. The first-order valence-electron chi connectivity index (χ1n) is 7.88. The lowest BCUT2D eigenvalue weighted by Crippen LogP contribution is -2.57. The van der Waals surface area contributed by atoms with Gasteiger partial charge in [0.05, 0.1) is 0 Å². The van der Waals surface area contributed by atoms with Crippen molar-refractivity contribution < 1.29 is 0 Å². The van der Waals surface area contributed by atoms with Crippen LogP contribution in [0.3, 0.4) is 0 Å². The lowest BCUT2D eigenvalue weighted by atomic mass is 9.75. The summed E-state index contributed by atoms with van der Waals surface area (Å²) in [6, 6.07) is 0. The lowest BCUT2D eigenvalue weighted by molar-refractivity contribution is -0.0211. The van der Waals surface area contributed by atoms with E-state index in [0.717, 1.165) is 6.54 Å². The second kappa shape index (κ2) is 5.76. The van der Waals surface area contributed by atoms with E-state index in [-0.39, 0.29) is 11.1 Å². The zero-order valence-electron chi connectivity index (χ0n) is 15.6. The first-order chi connectivity index (χ1) is 8.11. The van der Waals surface area contributed by atoms with E-state index >= 15 is 0 Å². The highest BCUT2D eigenvalue weighted by atomic mass is 15.2. The van der Waals surface area contributed by atoms with Crippen molar-refractivity contribution in [3.8, 4) is 0 Å². The molecule has 19 heavy (non-hydrogen) atoms. The van der Waals surface area contributed by atoms with Crippen LogP contribution in [0, 0.1) is 10.8 Å². The first-order valence-corrected chi connectivity index (χ1v) is 7.88. The van der Waals surface area contributed by atoms with Gasteiger partial charge in [-0.2, -0.15) is 0 Å². The maximum absolute atomic E-state index is 2.70. The van der Waals surface area contributed by atoms with Crippen molar-refractivity contribution >= 4 is 0 Å². The predicted octanol–water partition coefficient (Wildman–Crippen LogP) is 5.74. The Bertz CT molecular complexity index is 245. The van der Waals surface area contributed by atoms with E-state index in [1.807, 2.05) is 0 Å². The van der Waals surface area contributed by atoms with Crippen LogP contribution in [0.15, 0.2) is 0 Å². The van der Waals surface area contributed by atoms with Crippen molar-refractivity contribution in [3.63, 3.8) is 0 Å². The Kier molecular flexibility index (Phi) is 5.74. The highest BCUT2D eigenvalue weighted by Crippen LogP contribution is 2.39. The van der Waals surface area contributed by atoms with Gasteiger partial charge in [-0.15, -0.1) is 0 Å². The molecule has 1 heteroatoms. The molecule has 0 aliphatic heterocycles. The molecular weight excluding hydrogens is 230 g/mol. The largest absolute Gasteiger partial charge is 0.293 e. The van der Waals surface area contributed by atoms with E-state index in [0.29, 0.717) is 10.8 Å². The van der Waals surface area contributed by atoms with Gasteiger partial charge < -0.3 is 0 Å². The molecule has 0 heterocycles. The van der Waals surface area contributed by atoms with Crippen molar-refractivity contribution in [2.24, 2.45) is 10.8 Å². The third-order valence-corrected chi connectivity index (χ3v) is 3.70. The van der Waals surface area contributed by atoms with E-state index in [1.165, 1.54) is 12.8 Å². The van der Waals surface area contributed by atoms with Crippen molar-refractivity contribution in [3.05, 3.63) is 0 Å². The van der Waals surface area contributed by atoms with Crippen LogP contribution < -0.4 is 0 Å². The molecule has 0 aromatic rings. The first kappa shape index (κ1) is 19.0. The summed E-state index contributed by atoms with van der Waals surface area (Å²) >= 11 is 0. The zero-order valence-corrected chi connectivity index (χ0v) is 15.6. The van der Waals surface area contributed by atoms with Crippen molar-refractivity contribution in [2.45, 2.75) is 100 Å². The monoisotopic (exact) mass is 269 g/mol. The molecule has 0 fully saturated rings. The van der Waals surface area contributed by atoms with Gasteiger partial charge in [-0.3, -0.25) is 4.90 Å². The molecule has 0 saturated heterocycles. The maximum Gasteiger partial charge on any atom is 0.0163 e. The normalized spacial score (nSPS) is 15.2. The highest BCUT2D eigenvalue weighted by Gasteiger charge is 2.40. The Morgan fingerprint density at radius 2 is 0.842 bits per heavy atom. The Labute approximate surface area is 123 Å². The molecule has 0 amide bonds. The molecule has 0 aromatic carbocycles. The van der Waals surface area contributed by atoms with Gasteiger partial charge in [0.15, 0.2) is 0 Å². The van der Waals surface area contributed by atoms with Gasteiger partial charge in [0.1, 0.15) is 0 Å². The number of rotatable bonds is 5. The van der Waals surface area contributed by atoms with Gasteiger partial charge in [-0.1, -0.05) is 48.5 Å². The fourth-order valence-electron chi connectivity index (χ4n) is 4.46. The summed E-state index contributed by atoms with van der Waals surface area (Å²) in [7, 11) is 0. The molecule has 0 N–H and O–H groups in total. The van der Waals surface area contributed by atoms with Crippen molar-refractivity contribution in [1.82, 2.24) is 4.90 Å². The van der Waals surface area contributed by atoms with Crippen LogP contribution in [-0.2, 0) is 0 Å². The molecule has 1 nitrogen and oxygen atoms in total. The Hall–Kier alpha value is -0.0400. The molecule has 0 bridgehead atoms. The Balaban J connectivity index is 5.18. The molecule has 0 unspecified atom stereocenters. The third-order valence-electron chi connectivity index (χ3n) is 3.70. The molecule has 0 spiro atoms. The highest BCUT2D eigenvalue weighted by molar-refractivity contribution is 4.95. The minimum Gasteiger partial charge on any atom is -0.293 e. The molecule has 116 valence electrons. The average Bonchev–Trinajstić information content (AvgIpc) is 1.91. The maximum atomic E-state index is 2.70. The van der Waals surface area contributed by atoms with Crippen LogP contribution in [-0.4, -0.2) is 22.5 Å². The van der Waals surface area contributed by atoms with Crippen LogP contribution in [0.1, 0.15) is 89.0 Å². The second-order valence-corrected chi connectivity index (χ2v) is 9.84. The van der Waals surface area contributed by atoms with Crippen molar-refractivity contribution in [1.29, 1.82) is 0 Å². The molecule has 0 rings (SSSR count). The summed E-state index contributed by atoms with van der Waals surface area (Å²) in [5, 5.41) is 0. The number of hydrogen-bond acceptors (Lipinski definition) is 1. The summed E-state index contributed by atoms with van der Waals surface area (Å²) in [4.78, 5) is 2.70. The average molecular weight is 270 g/mol. The van der Waals surface area contributed by atoms with Gasteiger partial charge in [0.2, 0.25) is 0 Å². The van der Waals surface area contributed by atoms with Crippen LogP contribution in [0.4, 0.5) is 0 Å². The molecule has 0 radical (unpaired) electrons. The van der Waals surface area contributed by atoms with E-state index < -0.39 is 0 Å². The summed E-state index contributed by atoms with van der Waals surface area (Å²) in [6.45, 7) is 27.1. The Morgan fingerprint density at radius 3 is 1.00 bits per heavy atom. The van der Waals surface area contributed by atoms with Crippen LogP contribution >= 0.6 is 0 Å². The summed E-state index contributed by atoms with van der Waals surface area (Å²) in [5.74, 6) is 0. The van der Waals surface area contributed by atoms with E-state index in [4.69, 9.17) is 0 Å². The lowest BCUT2D eigenvalue weighted by Gasteiger charge is -2.52. The van der Waals surface area contributed by atoms with Crippen molar-refractivity contribution in [2.75, 3.05) is 6.54 Å². The fourth-order valence-corrected chi connectivity index (χ4v) is 4.46. The molecule has 0 saturated carbocycles. The van der Waals surface area contributed by atoms with E-state index in [1.54, 1.807) is 0 Å². The van der Waals surface area contributed by atoms with Crippen LogP contribution in [0.5, 0.6) is 0 Å². The van der Waals surface area contributed by atoms with Crippen LogP contribution in [0.25, 0.3) is 0 Å². The summed E-state index contributed by atoms with van der Waals surface area (Å²) in [5.41, 5.74) is 1.22. The summed E-state index contributed by atoms with van der Waals surface area (Å²) < 4.78 is 0. The number of nitrogens with zero attached hydrogens (tertiary/aromatic N) is 1. The fraction of sp³-hybridized carbons (Fsp3) is 1.00. The molecule has 0 aliphatic carbocycles. The third kappa shape index (κ3) is 6.79. The molecule has 0 aromatic heterocycles. The minimum atomic E-state index is 0.238. The SMILES string of the molecule is CCN(C(C)(C)CC(C)(C)C)C(C)(C)CC(C)(C)C. The van der Waals surface area contributed by atoms with E-state index in [2.05, 4.69) is 81.1 Å². The second-order valence-electron chi connectivity index (χ2n) is 9.84. The molecule has 0 aliphatic rings. The topological polar surface area (TPSA) is 3.24 Å². The Morgan fingerprint density at radius 1 is 0.579 bits per heavy atom. The van der Waals surface area contributed by atoms with Gasteiger partial charge in [0, 0.05) is 11.1 Å². The summed E-state index contributed by atoms with van der Waals surface area (Å²) in [6.07, 6.45) is 2.45. The van der Waals surface area contributed by atoms with Gasteiger partial charge >= 0.3 is 0 Å². The number of hydrogen-bond donors (Lipinski definition) is 0. The zero-order chi connectivity index (χ0) is 15.7. The van der Waals surface area contributed by atoms with Gasteiger partial charge in [-0.05, 0) is 57.9 Å². The van der Waals surface area contributed by atoms with Crippen LogP contribution in [0.2, 0.25) is 0 Å². The quantitative estimate of drug-likeness (QED) is 0.615. The molecule has 0 atom stereocenters. The van der Waals surface area contributed by atoms with E-state index in [9.17, 15) is 0 Å². The standard InChI is InChI=1S/C18H39N/c1-12-19(17(8,9)13-15(2,3)4)18(10,11)14-16(5,6)7/h12-14H2,1-11H3. The minimum absolute atomic E-state index is 0.238.